The van der Waals surface area contributed by atoms with Crippen molar-refractivity contribution >= 4 is 40.8 Å². The molecule has 0 bridgehead atoms. The van der Waals surface area contributed by atoms with Crippen molar-refractivity contribution in [2.24, 2.45) is 0 Å². The zero-order valence-corrected chi connectivity index (χ0v) is 16.6. The topological polar surface area (TPSA) is 131 Å². The van der Waals surface area contributed by atoms with Gasteiger partial charge in [-0.15, -0.1) is 0 Å². The van der Waals surface area contributed by atoms with Crippen LogP contribution in [-0.2, 0) is 19.1 Å². The Kier molecular flexibility index (Phi) is 7.40. The second-order valence-corrected chi connectivity index (χ2v) is 6.31. The van der Waals surface area contributed by atoms with E-state index in [4.69, 9.17) is 0 Å². The van der Waals surface area contributed by atoms with Gasteiger partial charge in [-0.25, -0.2) is 4.79 Å². The van der Waals surface area contributed by atoms with Crippen molar-refractivity contribution < 1.29 is 28.7 Å². The fraction of sp³-hybridized carbons (Fsp3) is 0.190. The molecule has 0 fully saturated rings. The highest BCUT2D eigenvalue weighted by Crippen LogP contribution is 2.17. The SMILES string of the molecule is COC(=O)[C@H](C)NC(=O)c1ccc(NC(=O)C(=O)c2ccccc2NC(C)=O)cc1. The third-order valence-corrected chi connectivity index (χ3v) is 4.00. The van der Waals surface area contributed by atoms with Gasteiger partial charge in [-0.1, -0.05) is 12.1 Å². The molecule has 0 aliphatic rings. The summed E-state index contributed by atoms with van der Waals surface area (Å²) in [7, 11) is 1.22. The van der Waals surface area contributed by atoms with Gasteiger partial charge in [0.2, 0.25) is 5.91 Å². The van der Waals surface area contributed by atoms with Crippen LogP contribution in [0.15, 0.2) is 48.5 Å². The standard InChI is InChI=1S/C21H21N3O6/c1-12(21(29)30-3)22-19(27)14-8-10-15(11-9-14)24-20(28)18(26)16-6-4-5-7-17(16)23-13(2)25/h4-12H,1-3H3,(H,22,27)(H,23,25)(H,24,28)/t12-/m0/s1. The second kappa shape index (κ2) is 9.97. The third-order valence-electron chi connectivity index (χ3n) is 4.00. The number of anilines is 2. The van der Waals surface area contributed by atoms with Gasteiger partial charge in [0.15, 0.2) is 0 Å². The van der Waals surface area contributed by atoms with E-state index in [9.17, 15) is 24.0 Å². The molecule has 9 heteroatoms. The molecule has 3 amide bonds. The molecule has 0 unspecified atom stereocenters. The number of ether oxygens (including phenoxy) is 1. The minimum Gasteiger partial charge on any atom is -0.467 e. The summed E-state index contributed by atoms with van der Waals surface area (Å²) in [6, 6.07) is 11.1. The van der Waals surface area contributed by atoms with E-state index in [1.54, 1.807) is 12.1 Å². The van der Waals surface area contributed by atoms with Crippen LogP contribution >= 0.6 is 0 Å². The zero-order chi connectivity index (χ0) is 22.3. The molecule has 2 aromatic rings. The van der Waals surface area contributed by atoms with E-state index >= 15 is 0 Å². The lowest BCUT2D eigenvalue weighted by molar-refractivity contribution is -0.142. The summed E-state index contributed by atoms with van der Waals surface area (Å²) in [6.45, 7) is 2.79. The largest absolute Gasteiger partial charge is 0.467 e. The average molecular weight is 411 g/mol. The average Bonchev–Trinajstić information content (AvgIpc) is 2.72. The molecule has 0 heterocycles. The van der Waals surface area contributed by atoms with Gasteiger partial charge in [0.25, 0.3) is 17.6 Å². The highest BCUT2D eigenvalue weighted by atomic mass is 16.5. The molecule has 0 spiro atoms. The summed E-state index contributed by atoms with van der Waals surface area (Å²) >= 11 is 0. The van der Waals surface area contributed by atoms with E-state index in [1.807, 2.05) is 0 Å². The molecule has 30 heavy (non-hydrogen) atoms. The molecule has 9 nitrogen and oxygen atoms in total. The first-order chi connectivity index (χ1) is 14.2. The van der Waals surface area contributed by atoms with Crippen LogP contribution in [0.25, 0.3) is 0 Å². The maximum absolute atomic E-state index is 12.5. The number of amides is 3. The maximum Gasteiger partial charge on any atom is 0.328 e. The Morgan fingerprint density at radius 1 is 0.900 bits per heavy atom. The molecule has 156 valence electrons. The molecule has 2 aromatic carbocycles. The van der Waals surface area contributed by atoms with E-state index in [2.05, 4.69) is 20.7 Å². The maximum atomic E-state index is 12.5. The van der Waals surface area contributed by atoms with Crippen LogP contribution in [0.3, 0.4) is 0 Å². The lowest BCUT2D eigenvalue weighted by Gasteiger charge is -2.12. The summed E-state index contributed by atoms with van der Waals surface area (Å²) in [5, 5.41) is 7.43. The van der Waals surface area contributed by atoms with E-state index in [1.165, 1.54) is 57.4 Å². The van der Waals surface area contributed by atoms with Crippen molar-refractivity contribution in [2.45, 2.75) is 19.9 Å². The summed E-state index contributed by atoms with van der Waals surface area (Å²) < 4.78 is 4.54. The van der Waals surface area contributed by atoms with Gasteiger partial charge < -0.3 is 20.7 Å². The number of carbonyl (C=O) groups is 5. The van der Waals surface area contributed by atoms with Gasteiger partial charge in [0, 0.05) is 18.2 Å². The van der Waals surface area contributed by atoms with Crippen LogP contribution in [0.2, 0.25) is 0 Å². The van der Waals surface area contributed by atoms with Gasteiger partial charge in [0.1, 0.15) is 6.04 Å². The minimum absolute atomic E-state index is 0.0537. The summed E-state index contributed by atoms with van der Waals surface area (Å²) in [5.74, 6) is -3.17. The highest BCUT2D eigenvalue weighted by Gasteiger charge is 2.20. The molecular formula is C21H21N3O6. The number of ketones is 1. The van der Waals surface area contributed by atoms with Crippen LogP contribution in [-0.4, -0.2) is 42.6 Å². The lowest BCUT2D eigenvalue weighted by atomic mass is 10.1. The van der Waals surface area contributed by atoms with E-state index < -0.39 is 29.6 Å². The Balaban J connectivity index is 2.06. The number of hydrogen-bond acceptors (Lipinski definition) is 6. The number of carbonyl (C=O) groups excluding carboxylic acids is 5. The third kappa shape index (κ3) is 5.74. The molecule has 0 radical (unpaired) electrons. The van der Waals surface area contributed by atoms with Gasteiger partial charge in [0.05, 0.1) is 18.4 Å². The Hall–Kier alpha value is -4.01. The molecular weight excluding hydrogens is 390 g/mol. The van der Waals surface area contributed by atoms with Crippen LogP contribution in [0, 0.1) is 0 Å². The molecule has 0 aliphatic carbocycles. The molecule has 1 atom stereocenters. The quantitative estimate of drug-likeness (QED) is 0.361. The van der Waals surface area contributed by atoms with E-state index in [-0.39, 0.29) is 22.7 Å². The molecule has 0 aliphatic heterocycles. The summed E-state index contributed by atoms with van der Waals surface area (Å²) in [5.41, 5.74) is 0.837. The Morgan fingerprint density at radius 2 is 1.53 bits per heavy atom. The van der Waals surface area contributed by atoms with Gasteiger partial charge in [-0.2, -0.15) is 0 Å². The van der Waals surface area contributed by atoms with Crippen LogP contribution in [0.1, 0.15) is 34.6 Å². The molecule has 0 saturated heterocycles. The first kappa shape index (κ1) is 22.3. The van der Waals surface area contributed by atoms with Crippen molar-refractivity contribution in [1.29, 1.82) is 0 Å². The van der Waals surface area contributed by atoms with E-state index in [0.29, 0.717) is 5.69 Å². The number of methoxy groups -OCH3 is 1. The van der Waals surface area contributed by atoms with E-state index in [0.717, 1.165) is 0 Å². The van der Waals surface area contributed by atoms with Crippen molar-refractivity contribution in [2.75, 3.05) is 17.7 Å². The number of rotatable bonds is 7. The minimum atomic E-state index is -0.899. The summed E-state index contributed by atoms with van der Waals surface area (Å²) in [4.78, 5) is 59.6. The first-order valence-electron chi connectivity index (χ1n) is 8.94. The number of Topliss-reactive ketones (excluding diaryl/α,β-unsaturated/α-hetero) is 1. The van der Waals surface area contributed by atoms with Crippen LogP contribution in [0.5, 0.6) is 0 Å². The van der Waals surface area contributed by atoms with Gasteiger partial charge >= 0.3 is 5.97 Å². The number of benzene rings is 2. The predicted molar refractivity (Wildman–Crippen MR) is 109 cm³/mol. The van der Waals surface area contributed by atoms with Crippen LogP contribution < -0.4 is 16.0 Å². The molecule has 0 saturated carbocycles. The number of nitrogens with one attached hydrogen (secondary N) is 3. The number of hydrogen-bond donors (Lipinski definition) is 3. The smallest absolute Gasteiger partial charge is 0.328 e. The van der Waals surface area contributed by atoms with Crippen molar-refractivity contribution in [1.82, 2.24) is 5.32 Å². The van der Waals surface area contributed by atoms with Crippen molar-refractivity contribution in [3.8, 4) is 0 Å². The van der Waals surface area contributed by atoms with Crippen molar-refractivity contribution in [3.05, 3.63) is 59.7 Å². The lowest BCUT2D eigenvalue weighted by Crippen LogP contribution is -2.39. The second-order valence-electron chi connectivity index (χ2n) is 6.31. The summed E-state index contributed by atoms with van der Waals surface area (Å²) in [6.07, 6.45) is 0. The normalized spacial score (nSPS) is 11.0. The van der Waals surface area contributed by atoms with Crippen molar-refractivity contribution in [3.63, 3.8) is 0 Å². The monoisotopic (exact) mass is 411 g/mol. The molecule has 2 rings (SSSR count). The fourth-order valence-corrected chi connectivity index (χ4v) is 2.51. The van der Waals surface area contributed by atoms with Gasteiger partial charge in [-0.3, -0.25) is 19.2 Å². The fourth-order valence-electron chi connectivity index (χ4n) is 2.51. The Morgan fingerprint density at radius 3 is 2.13 bits per heavy atom. The number of para-hydroxylation sites is 1. The van der Waals surface area contributed by atoms with Gasteiger partial charge in [-0.05, 0) is 43.3 Å². The molecule has 0 aromatic heterocycles. The number of esters is 1. The zero-order valence-electron chi connectivity index (χ0n) is 16.6. The first-order valence-corrected chi connectivity index (χ1v) is 8.94. The Labute approximate surface area is 172 Å². The van der Waals surface area contributed by atoms with Crippen LogP contribution in [0.4, 0.5) is 11.4 Å². The molecule has 3 N–H and O–H groups in total. The Bertz CT molecular complexity index is 984. The highest BCUT2D eigenvalue weighted by molar-refractivity contribution is 6.47. The predicted octanol–water partition coefficient (Wildman–Crippen LogP) is 1.76.